The number of rotatable bonds is 6. The quantitative estimate of drug-likeness (QED) is 0.823. The smallest absolute Gasteiger partial charge is 0.224 e. The fraction of sp³-hybridized carbons (Fsp3) is 0.562. The molecule has 1 atom stereocenters. The molecule has 1 unspecified atom stereocenters. The van der Waals surface area contributed by atoms with Gasteiger partial charge in [-0.3, -0.25) is 4.79 Å². The fourth-order valence-corrected chi connectivity index (χ4v) is 2.56. The number of nitrogens with one attached hydrogen (secondary N) is 2. The van der Waals surface area contributed by atoms with E-state index >= 15 is 0 Å². The topological polar surface area (TPSA) is 41.1 Å². The van der Waals surface area contributed by atoms with Crippen molar-refractivity contribution in [3.8, 4) is 0 Å². The Morgan fingerprint density at radius 3 is 2.85 bits per heavy atom. The van der Waals surface area contributed by atoms with Gasteiger partial charge in [-0.15, -0.1) is 0 Å². The van der Waals surface area contributed by atoms with Crippen molar-refractivity contribution in [3.63, 3.8) is 0 Å². The van der Waals surface area contributed by atoms with Crippen molar-refractivity contribution in [1.29, 1.82) is 0 Å². The fourth-order valence-electron chi connectivity index (χ4n) is 2.56. The number of carbonyl (C=O) groups excluding carboxylic acids is 1. The van der Waals surface area contributed by atoms with E-state index in [0.717, 1.165) is 36.9 Å². The second kappa shape index (κ2) is 6.73. The number of hydrogen-bond acceptors (Lipinski definition) is 2. The average Bonchev–Trinajstić information content (AvgIpc) is 2.44. The number of fused-ring (bicyclic) bond motifs is 1. The molecule has 4 heteroatoms. The lowest BCUT2D eigenvalue weighted by Crippen LogP contribution is -2.22. The van der Waals surface area contributed by atoms with Gasteiger partial charge in [-0.05, 0) is 37.0 Å². The van der Waals surface area contributed by atoms with Crippen LogP contribution in [0.5, 0.6) is 0 Å². The number of anilines is 2. The van der Waals surface area contributed by atoms with Crippen molar-refractivity contribution in [2.75, 3.05) is 10.6 Å². The van der Waals surface area contributed by atoms with Crippen LogP contribution in [0, 0.1) is 5.82 Å². The van der Waals surface area contributed by atoms with E-state index in [-0.39, 0.29) is 17.8 Å². The summed E-state index contributed by atoms with van der Waals surface area (Å²) in [5, 5.41) is 6.09. The predicted molar refractivity (Wildman–Crippen MR) is 80.6 cm³/mol. The average molecular weight is 278 g/mol. The highest BCUT2D eigenvalue weighted by Gasteiger charge is 2.18. The number of carbonyl (C=O) groups is 1. The zero-order valence-corrected chi connectivity index (χ0v) is 12.3. The summed E-state index contributed by atoms with van der Waals surface area (Å²) in [6.45, 7) is 4.26. The second-order valence-electron chi connectivity index (χ2n) is 5.43. The molecule has 3 nitrogen and oxygen atoms in total. The first-order chi connectivity index (χ1) is 9.63. The Hall–Kier alpha value is -1.58. The van der Waals surface area contributed by atoms with E-state index in [9.17, 15) is 9.18 Å². The molecule has 0 radical (unpaired) electrons. The Kier molecular flexibility index (Phi) is 4.99. The molecule has 2 rings (SSSR count). The Morgan fingerprint density at radius 2 is 2.15 bits per heavy atom. The van der Waals surface area contributed by atoms with Crippen LogP contribution < -0.4 is 10.6 Å². The number of hydrogen-bond donors (Lipinski definition) is 2. The number of amides is 1. The van der Waals surface area contributed by atoms with Crippen molar-refractivity contribution < 1.29 is 9.18 Å². The van der Waals surface area contributed by atoms with Crippen LogP contribution in [0.15, 0.2) is 12.1 Å². The lowest BCUT2D eigenvalue weighted by molar-refractivity contribution is -0.116. The molecule has 0 bridgehead atoms. The maximum atomic E-state index is 14.1. The molecule has 0 saturated heterocycles. The predicted octanol–water partition coefficient (Wildman–Crippen LogP) is 4.09. The van der Waals surface area contributed by atoms with E-state index in [1.807, 2.05) is 0 Å². The summed E-state index contributed by atoms with van der Waals surface area (Å²) in [6, 6.07) is 3.56. The molecular formula is C16H23FN2O. The Morgan fingerprint density at radius 1 is 1.35 bits per heavy atom. The van der Waals surface area contributed by atoms with Gasteiger partial charge < -0.3 is 10.6 Å². The van der Waals surface area contributed by atoms with Crippen LogP contribution in [0.2, 0.25) is 0 Å². The summed E-state index contributed by atoms with van der Waals surface area (Å²) < 4.78 is 14.1. The molecule has 110 valence electrons. The van der Waals surface area contributed by atoms with E-state index in [2.05, 4.69) is 24.5 Å². The maximum absolute atomic E-state index is 14.1. The molecule has 1 amide bonds. The van der Waals surface area contributed by atoms with E-state index in [1.165, 1.54) is 0 Å². The van der Waals surface area contributed by atoms with Crippen molar-refractivity contribution >= 4 is 17.3 Å². The van der Waals surface area contributed by atoms with Gasteiger partial charge in [0, 0.05) is 18.2 Å². The second-order valence-corrected chi connectivity index (χ2v) is 5.43. The molecule has 0 aromatic heterocycles. The van der Waals surface area contributed by atoms with Gasteiger partial charge in [0.05, 0.1) is 5.69 Å². The summed E-state index contributed by atoms with van der Waals surface area (Å²) in [5.74, 6) is -0.220. The first-order valence-electron chi connectivity index (χ1n) is 7.52. The first kappa shape index (κ1) is 14.8. The molecule has 0 spiro atoms. The minimum Gasteiger partial charge on any atom is -0.380 e. The molecule has 0 saturated carbocycles. The van der Waals surface area contributed by atoms with Crippen molar-refractivity contribution in [2.24, 2.45) is 0 Å². The lowest BCUT2D eigenvalue weighted by atomic mass is 10.0. The molecule has 1 aromatic rings. The zero-order valence-electron chi connectivity index (χ0n) is 12.3. The first-order valence-corrected chi connectivity index (χ1v) is 7.52. The van der Waals surface area contributed by atoms with Crippen molar-refractivity contribution in [1.82, 2.24) is 0 Å². The van der Waals surface area contributed by atoms with Gasteiger partial charge in [-0.1, -0.05) is 26.7 Å². The van der Waals surface area contributed by atoms with Gasteiger partial charge in [-0.25, -0.2) is 4.39 Å². The highest BCUT2D eigenvalue weighted by molar-refractivity contribution is 5.94. The SMILES string of the molecule is CCCCC(CC)Nc1cc2c(cc1F)CCC(=O)N2. The molecular weight excluding hydrogens is 255 g/mol. The van der Waals surface area contributed by atoms with E-state index < -0.39 is 0 Å². The minimum absolute atomic E-state index is 0.00748. The van der Waals surface area contributed by atoms with Crippen LogP contribution in [0.1, 0.15) is 51.5 Å². The Labute approximate surface area is 120 Å². The Bertz CT molecular complexity index is 488. The third kappa shape index (κ3) is 3.50. The lowest BCUT2D eigenvalue weighted by Gasteiger charge is -2.22. The number of aryl methyl sites for hydroxylation is 1. The van der Waals surface area contributed by atoms with Crippen LogP contribution >= 0.6 is 0 Å². The number of halogens is 1. The van der Waals surface area contributed by atoms with Gasteiger partial charge in [0.15, 0.2) is 0 Å². The monoisotopic (exact) mass is 278 g/mol. The third-order valence-electron chi connectivity index (χ3n) is 3.85. The van der Waals surface area contributed by atoms with Gasteiger partial charge >= 0.3 is 0 Å². The van der Waals surface area contributed by atoms with Crippen LogP contribution in [0.4, 0.5) is 15.8 Å². The van der Waals surface area contributed by atoms with Crippen LogP contribution in [-0.2, 0) is 11.2 Å². The van der Waals surface area contributed by atoms with E-state index in [4.69, 9.17) is 0 Å². The standard InChI is InChI=1S/C16H23FN2O/c1-3-5-6-12(4-2)18-15-10-14-11(9-13(15)17)7-8-16(20)19-14/h9-10,12,18H,3-8H2,1-2H3,(H,19,20). The molecule has 1 aromatic carbocycles. The van der Waals surface area contributed by atoms with Crippen molar-refractivity contribution in [3.05, 3.63) is 23.5 Å². The number of unbranched alkanes of at least 4 members (excludes halogenated alkanes) is 1. The summed E-state index contributed by atoms with van der Waals surface area (Å²) in [6.07, 6.45) is 5.33. The van der Waals surface area contributed by atoms with E-state index in [1.54, 1.807) is 12.1 Å². The van der Waals surface area contributed by atoms with Gasteiger partial charge in [-0.2, -0.15) is 0 Å². The Balaban J connectivity index is 2.15. The summed E-state index contributed by atoms with van der Waals surface area (Å²) in [5.41, 5.74) is 2.12. The van der Waals surface area contributed by atoms with Crippen molar-refractivity contribution in [2.45, 2.75) is 58.4 Å². The molecule has 0 aliphatic carbocycles. The molecule has 2 N–H and O–H groups in total. The third-order valence-corrected chi connectivity index (χ3v) is 3.85. The molecule has 1 aliphatic rings. The molecule has 1 heterocycles. The van der Waals surface area contributed by atoms with Crippen LogP contribution in [0.3, 0.4) is 0 Å². The van der Waals surface area contributed by atoms with Crippen LogP contribution in [0.25, 0.3) is 0 Å². The molecule has 1 aliphatic heterocycles. The maximum Gasteiger partial charge on any atom is 0.224 e. The van der Waals surface area contributed by atoms with E-state index in [0.29, 0.717) is 18.5 Å². The molecule has 20 heavy (non-hydrogen) atoms. The summed E-state index contributed by atoms with van der Waals surface area (Å²) in [7, 11) is 0. The zero-order chi connectivity index (χ0) is 14.5. The highest BCUT2D eigenvalue weighted by atomic mass is 19.1. The van der Waals surface area contributed by atoms with Gasteiger partial charge in [0.25, 0.3) is 0 Å². The normalized spacial score (nSPS) is 15.4. The minimum atomic E-state index is -0.227. The number of benzene rings is 1. The largest absolute Gasteiger partial charge is 0.380 e. The summed E-state index contributed by atoms with van der Waals surface area (Å²) >= 11 is 0. The highest BCUT2D eigenvalue weighted by Crippen LogP contribution is 2.29. The summed E-state index contributed by atoms with van der Waals surface area (Å²) in [4.78, 5) is 11.4. The van der Waals surface area contributed by atoms with Gasteiger partial charge in [0.1, 0.15) is 5.82 Å². The molecule has 0 fully saturated rings. The van der Waals surface area contributed by atoms with Crippen LogP contribution in [-0.4, -0.2) is 11.9 Å². The van der Waals surface area contributed by atoms with Gasteiger partial charge in [0.2, 0.25) is 5.91 Å².